The second-order valence-electron chi connectivity index (χ2n) is 4.17. The van der Waals surface area contributed by atoms with Gasteiger partial charge in [-0.15, -0.1) is 0 Å². The highest BCUT2D eigenvalue weighted by Crippen LogP contribution is 2.19. The fourth-order valence-electron chi connectivity index (χ4n) is 1.78. The van der Waals surface area contributed by atoms with Gasteiger partial charge in [0.25, 0.3) is 0 Å². The molecule has 2 nitrogen and oxygen atoms in total. The van der Waals surface area contributed by atoms with E-state index in [2.05, 4.69) is 40.7 Å². The Morgan fingerprint density at radius 3 is 2.72 bits per heavy atom. The molecule has 92 valence electrons. The van der Waals surface area contributed by atoms with E-state index in [0.29, 0.717) is 0 Å². The number of aromatic nitrogens is 1. The summed E-state index contributed by atoms with van der Waals surface area (Å²) >= 11 is 0. The molecule has 0 aliphatic carbocycles. The van der Waals surface area contributed by atoms with Gasteiger partial charge in [-0.1, -0.05) is 42.5 Å². The standard InChI is InChI=1S/C16H18N2/c1-17-10-6-5-7-14-11-16(13-18-12-14)15-8-3-2-4-9-15/h2-5,7-9,11-13,17H,6,10H2,1H3/b7-5-. The summed E-state index contributed by atoms with van der Waals surface area (Å²) < 4.78 is 0. The molecule has 1 N–H and O–H groups in total. The van der Waals surface area contributed by atoms with Crippen LogP contribution < -0.4 is 5.32 Å². The molecule has 1 heterocycles. The van der Waals surface area contributed by atoms with Crippen LogP contribution in [0.15, 0.2) is 54.9 Å². The largest absolute Gasteiger partial charge is 0.319 e. The molecule has 0 unspecified atom stereocenters. The topological polar surface area (TPSA) is 24.9 Å². The summed E-state index contributed by atoms with van der Waals surface area (Å²) in [6.45, 7) is 1.00. The number of rotatable bonds is 5. The predicted octanol–water partition coefficient (Wildman–Crippen LogP) is 3.37. The van der Waals surface area contributed by atoms with Crippen molar-refractivity contribution in [3.8, 4) is 11.1 Å². The first-order chi connectivity index (χ1) is 8.90. The lowest BCUT2D eigenvalue weighted by Gasteiger charge is -2.02. The molecule has 1 aromatic carbocycles. The van der Waals surface area contributed by atoms with E-state index in [9.17, 15) is 0 Å². The van der Waals surface area contributed by atoms with Crippen molar-refractivity contribution >= 4 is 6.08 Å². The summed E-state index contributed by atoms with van der Waals surface area (Å²) in [6.07, 6.45) is 9.12. The summed E-state index contributed by atoms with van der Waals surface area (Å²) in [6, 6.07) is 12.5. The highest BCUT2D eigenvalue weighted by Gasteiger charge is 1.97. The quantitative estimate of drug-likeness (QED) is 0.808. The van der Waals surface area contributed by atoms with Crippen molar-refractivity contribution in [3.05, 3.63) is 60.4 Å². The minimum atomic E-state index is 1.00. The Labute approximate surface area is 108 Å². The van der Waals surface area contributed by atoms with Gasteiger partial charge in [-0.05, 0) is 37.2 Å². The molecule has 0 bridgehead atoms. The molecule has 0 aliphatic rings. The Morgan fingerprint density at radius 2 is 1.94 bits per heavy atom. The van der Waals surface area contributed by atoms with Gasteiger partial charge >= 0.3 is 0 Å². The molecule has 0 radical (unpaired) electrons. The van der Waals surface area contributed by atoms with Crippen LogP contribution in [0.5, 0.6) is 0 Å². The molecule has 2 rings (SSSR count). The molecule has 0 saturated heterocycles. The first-order valence-electron chi connectivity index (χ1n) is 6.22. The molecule has 0 amide bonds. The van der Waals surface area contributed by atoms with Crippen molar-refractivity contribution in [1.29, 1.82) is 0 Å². The Hall–Kier alpha value is -1.93. The van der Waals surface area contributed by atoms with E-state index >= 15 is 0 Å². The minimum Gasteiger partial charge on any atom is -0.319 e. The van der Waals surface area contributed by atoms with Gasteiger partial charge in [0, 0.05) is 18.0 Å². The maximum atomic E-state index is 4.29. The third-order valence-corrected chi connectivity index (χ3v) is 2.74. The molecule has 0 fully saturated rings. The second-order valence-corrected chi connectivity index (χ2v) is 4.17. The van der Waals surface area contributed by atoms with E-state index in [0.717, 1.165) is 24.1 Å². The van der Waals surface area contributed by atoms with Crippen LogP contribution in [-0.2, 0) is 0 Å². The zero-order valence-corrected chi connectivity index (χ0v) is 10.6. The van der Waals surface area contributed by atoms with E-state index in [1.165, 1.54) is 5.56 Å². The van der Waals surface area contributed by atoms with E-state index < -0.39 is 0 Å². The zero-order valence-electron chi connectivity index (χ0n) is 10.6. The number of benzene rings is 1. The van der Waals surface area contributed by atoms with Crippen molar-refractivity contribution in [1.82, 2.24) is 10.3 Å². The van der Waals surface area contributed by atoms with Gasteiger partial charge in [0.05, 0.1) is 0 Å². The highest BCUT2D eigenvalue weighted by molar-refractivity contribution is 5.65. The van der Waals surface area contributed by atoms with Crippen LogP contribution in [0.3, 0.4) is 0 Å². The number of hydrogen-bond donors (Lipinski definition) is 1. The fourth-order valence-corrected chi connectivity index (χ4v) is 1.78. The lowest BCUT2D eigenvalue weighted by Crippen LogP contribution is -2.05. The lowest BCUT2D eigenvalue weighted by atomic mass is 10.1. The zero-order chi connectivity index (χ0) is 12.6. The maximum absolute atomic E-state index is 4.29. The molecule has 1 aromatic heterocycles. The van der Waals surface area contributed by atoms with Crippen LogP contribution in [0, 0.1) is 0 Å². The van der Waals surface area contributed by atoms with E-state index in [1.807, 2.05) is 37.6 Å². The second kappa shape index (κ2) is 6.72. The van der Waals surface area contributed by atoms with Gasteiger partial charge in [0.1, 0.15) is 0 Å². The molecular weight excluding hydrogens is 220 g/mol. The monoisotopic (exact) mass is 238 g/mol. The molecule has 0 aliphatic heterocycles. The van der Waals surface area contributed by atoms with Crippen LogP contribution >= 0.6 is 0 Å². The van der Waals surface area contributed by atoms with Crippen molar-refractivity contribution in [2.75, 3.05) is 13.6 Å². The van der Waals surface area contributed by atoms with E-state index in [1.54, 1.807) is 0 Å². The van der Waals surface area contributed by atoms with Crippen LogP contribution in [0.1, 0.15) is 12.0 Å². The average molecular weight is 238 g/mol. The van der Waals surface area contributed by atoms with Gasteiger partial charge in [0.15, 0.2) is 0 Å². The molecule has 2 aromatic rings. The van der Waals surface area contributed by atoms with Crippen molar-refractivity contribution < 1.29 is 0 Å². The molecule has 2 heteroatoms. The highest BCUT2D eigenvalue weighted by atomic mass is 14.8. The van der Waals surface area contributed by atoms with Gasteiger partial charge in [0.2, 0.25) is 0 Å². The van der Waals surface area contributed by atoms with Gasteiger partial charge < -0.3 is 5.32 Å². The predicted molar refractivity (Wildman–Crippen MR) is 77.3 cm³/mol. The molecule has 0 atom stereocenters. The first kappa shape index (κ1) is 12.5. The number of pyridine rings is 1. The van der Waals surface area contributed by atoms with Gasteiger partial charge in [-0.2, -0.15) is 0 Å². The van der Waals surface area contributed by atoms with Crippen LogP contribution in [0.25, 0.3) is 17.2 Å². The fraction of sp³-hybridized carbons (Fsp3) is 0.188. The van der Waals surface area contributed by atoms with Crippen molar-refractivity contribution in [2.24, 2.45) is 0 Å². The Kier molecular flexibility index (Phi) is 4.68. The summed E-state index contributed by atoms with van der Waals surface area (Å²) in [5.74, 6) is 0. The lowest BCUT2D eigenvalue weighted by molar-refractivity contribution is 0.809. The van der Waals surface area contributed by atoms with Crippen molar-refractivity contribution in [3.63, 3.8) is 0 Å². The smallest absolute Gasteiger partial charge is 0.0346 e. The Bertz CT molecular complexity index is 504. The Balaban J connectivity index is 2.13. The molecular formula is C16H18N2. The number of hydrogen-bond acceptors (Lipinski definition) is 2. The van der Waals surface area contributed by atoms with Gasteiger partial charge in [-0.25, -0.2) is 0 Å². The molecule has 0 spiro atoms. The normalized spacial score (nSPS) is 10.9. The maximum Gasteiger partial charge on any atom is 0.0346 e. The van der Waals surface area contributed by atoms with Crippen molar-refractivity contribution in [2.45, 2.75) is 6.42 Å². The van der Waals surface area contributed by atoms with Crippen LogP contribution in [-0.4, -0.2) is 18.6 Å². The van der Waals surface area contributed by atoms with E-state index in [4.69, 9.17) is 0 Å². The SMILES string of the molecule is CNCC/C=C\c1cncc(-c2ccccc2)c1. The van der Waals surface area contributed by atoms with E-state index in [-0.39, 0.29) is 0 Å². The minimum absolute atomic E-state index is 1.00. The van der Waals surface area contributed by atoms with Gasteiger partial charge in [-0.3, -0.25) is 4.98 Å². The molecule has 0 saturated carbocycles. The van der Waals surface area contributed by atoms with Crippen LogP contribution in [0.2, 0.25) is 0 Å². The number of nitrogens with one attached hydrogen (secondary N) is 1. The third kappa shape index (κ3) is 3.54. The summed E-state index contributed by atoms with van der Waals surface area (Å²) in [5, 5.41) is 3.12. The van der Waals surface area contributed by atoms with Crippen LogP contribution in [0.4, 0.5) is 0 Å². The summed E-state index contributed by atoms with van der Waals surface area (Å²) in [4.78, 5) is 4.29. The Morgan fingerprint density at radius 1 is 1.11 bits per heavy atom. The molecule has 18 heavy (non-hydrogen) atoms. The third-order valence-electron chi connectivity index (χ3n) is 2.74. The average Bonchev–Trinajstić information content (AvgIpc) is 2.45. The summed E-state index contributed by atoms with van der Waals surface area (Å²) in [5.41, 5.74) is 3.51. The summed E-state index contributed by atoms with van der Waals surface area (Å²) in [7, 11) is 1.96. The number of nitrogens with zero attached hydrogens (tertiary/aromatic N) is 1. The first-order valence-corrected chi connectivity index (χ1v) is 6.22.